The molecule has 4 rings (SSSR count). The Hall–Kier alpha value is -2.51. The van der Waals surface area contributed by atoms with Crippen LogP contribution < -0.4 is 5.73 Å². The zero-order valence-electron chi connectivity index (χ0n) is 12.5. The van der Waals surface area contributed by atoms with Gasteiger partial charge >= 0.3 is 0 Å². The predicted molar refractivity (Wildman–Crippen MR) is 85.4 cm³/mol. The first-order valence-corrected chi connectivity index (χ1v) is 7.58. The van der Waals surface area contributed by atoms with Crippen LogP contribution in [0.2, 0.25) is 0 Å². The number of anilines is 1. The molecule has 0 radical (unpaired) electrons. The van der Waals surface area contributed by atoms with Crippen LogP contribution in [0.5, 0.6) is 0 Å². The Balaban J connectivity index is 1.82. The Labute approximate surface area is 132 Å². The summed E-state index contributed by atoms with van der Waals surface area (Å²) < 4.78 is 7.69. The lowest BCUT2D eigenvalue weighted by molar-refractivity contribution is -0.0207. The van der Waals surface area contributed by atoms with E-state index in [1.807, 2.05) is 34.9 Å². The Morgan fingerprint density at radius 2 is 2.04 bits per heavy atom. The number of nitrogen functional groups attached to an aromatic ring is 1. The van der Waals surface area contributed by atoms with Gasteiger partial charge in [0.25, 0.3) is 0 Å². The van der Waals surface area contributed by atoms with Crippen molar-refractivity contribution in [1.29, 1.82) is 0 Å². The number of aliphatic hydroxyl groups excluding tert-OH is 1. The van der Waals surface area contributed by atoms with Gasteiger partial charge in [-0.2, -0.15) is 4.98 Å². The van der Waals surface area contributed by atoms with Gasteiger partial charge in [0.05, 0.1) is 19.0 Å². The van der Waals surface area contributed by atoms with E-state index in [2.05, 4.69) is 15.0 Å². The van der Waals surface area contributed by atoms with E-state index >= 15 is 0 Å². The Morgan fingerprint density at radius 3 is 2.78 bits per heavy atom. The number of rotatable bonds is 3. The highest BCUT2D eigenvalue weighted by molar-refractivity contribution is 5.88. The third kappa shape index (κ3) is 2.43. The molecule has 1 saturated heterocycles. The molecule has 2 unspecified atom stereocenters. The lowest BCUT2D eigenvalue weighted by Gasteiger charge is -2.14. The van der Waals surface area contributed by atoms with E-state index in [1.165, 1.54) is 0 Å². The largest absolute Gasteiger partial charge is 0.394 e. The highest BCUT2D eigenvalue weighted by Crippen LogP contribution is 2.32. The fourth-order valence-electron chi connectivity index (χ4n) is 2.97. The zero-order chi connectivity index (χ0) is 15.8. The molecule has 7 heteroatoms. The maximum atomic E-state index is 9.24. The van der Waals surface area contributed by atoms with Gasteiger partial charge in [0.1, 0.15) is 17.4 Å². The van der Waals surface area contributed by atoms with Gasteiger partial charge in [-0.3, -0.25) is 4.57 Å². The molecule has 2 aromatic heterocycles. The quantitative estimate of drug-likeness (QED) is 0.764. The molecule has 1 aliphatic heterocycles. The summed E-state index contributed by atoms with van der Waals surface area (Å²) in [6.07, 6.45) is 3.00. The number of fused-ring (bicyclic) bond motifs is 1. The van der Waals surface area contributed by atoms with E-state index < -0.39 is 0 Å². The standard InChI is InChI=1S/C16H17N5O2/c17-16-19-13(10-4-2-1-3-5-10)14-15(20-16)21(9-18-14)12-7-6-11(8-22)23-12/h1-5,9,11-12,22H,6-8H2,(H2,17,19,20). The van der Waals surface area contributed by atoms with Crippen LogP contribution in [-0.2, 0) is 4.74 Å². The normalized spacial score (nSPS) is 21.1. The molecule has 23 heavy (non-hydrogen) atoms. The molecular weight excluding hydrogens is 294 g/mol. The van der Waals surface area contributed by atoms with Crippen molar-refractivity contribution in [3.05, 3.63) is 36.7 Å². The molecule has 3 aromatic rings. The van der Waals surface area contributed by atoms with Crippen molar-refractivity contribution in [2.45, 2.75) is 25.2 Å². The number of benzene rings is 1. The number of ether oxygens (including phenoxy) is 1. The number of nitrogens with zero attached hydrogens (tertiary/aromatic N) is 4. The van der Waals surface area contributed by atoms with Crippen LogP contribution in [-0.4, -0.2) is 37.3 Å². The molecular formula is C16H17N5O2. The lowest BCUT2D eigenvalue weighted by Crippen LogP contribution is -2.14. The second kappa shape index (κ2) is 5.60. The van der Waals surface area contributed by atoms with Crippen LogP contribution in [0.1, 0.15) is 19.1 Å². The fourth-order valence-corrected chi connectivity index (χ4v) is 2.97. The maximum absolute atomic E-state index is 9.24. The number of aromatic nitrogens is 4. The number of hydrogen-bond acceptors (Lipinski definition) is 6. The van der Waals surface area contributed by atoms with Gasteiger partial charge in [0, 0.05) is 5.56 Å². The smallest absolute Gasteiger partial charge is 0.222 e. The Kier molecular flexibility index (Phi) is 3.44. The van der Waals surface area contributed by atoms with Gasteiger partial charge in [-0.25, -0.2) is 9.97 Å². The predicted octanol–water partition coefficient (Wildman–Crippen LogP) is 1.75. The second-order valence-corrected chi connectivity index (χ2v) is 5.59. The van der Waals surface area contributed by atoms with Crippen molar-refractivity contribution in [2.24, 2.45) is 0 Å². The Morgan fingerprint density at radius 1 is 1.22 bits per heavy atom. The first-order chi connectivity index (χ1) is 11.3. The number of nitrogens with two attached hydrogens (primary N) is 1. The monoisotopic (exact) mass is 311 g/mol. The van der Waals surface area contributed by atoms with E-state index in [1.54, 1.807) is 6.33 Å². The van der Waals surface area contributed by atoms with Crippen molar-refractivity contribution >= 4 is 17.1 Å². The van der Waals surface area contributed by atoms with Crippen LogP contribution in [0.4, 0.5) is 5.95 Å². The molecule has 3 heterocycles. The molecule has 0 aliphatic carbocycles. The van der Waals surface area contributed by atoms with Crippen molar-refractivity contribution < 1.29 is 9.84 Å². The number of imidazole rings is 1. The van der Waals surface area contributed by atoms with Crippen LogP contribution in [0.25, 0.3) is 22.4 Å². The van der Waals surface area contributed by atoms with Crippen molar-refractivity contribution in [3.63, 3.8) is 0 Å². The molecule has 0 spiro atoms. The van der Waals surface area contributed by atoms with Gasteiger partial charge < -0.3 is 15.6 Å². The molecule has 0 saturated carbocycles. The summed E-state index contributed by atoms with van der Waals surface area (Å²) in [5.74, 6) is 0.204. The highest BCUT2D eigenvalue weighted by atomic mass is 16.5. The highest BCUT2D eigenvalue weighted by Gasteiger charge is 2.28. The average Bonchev–Trinajstić information content (AvgIpc) is 3.21. The number of hydrogen-bond donors (Lipinski definition) is 2. The lowest BCUT2D eigenvalue weighted by atomic mass is 10.1. The van der Waals surface area contributed by atoms with Crippen molar-refractivity contribution in [2.75, 3.05) is 12.3 Å². The van der Waals surface area contributed by atoms with Gasteiger partial charge in [-0.05, 0) is 12.8 Å². The molecule has 1 fully saturated rings. The topological polar surface area (TPSA) is 99.1 Å². The molecule has 0 amide bonds. The zero-order valence-corrected chi connectivity index (χ0v) is 12.5. The average molecular weight is 311 g/mol. The summed E-state index contributed by atoms with van der Waals surface area (Å²) in [5.41, 5.74) is 8.90. The molecule has 7 nitrogen and oxygen atoms in total. The summed E-state index contributed by atoms with van der Waals surface area (Å²) in [4.78, 5) is 13.2. The molecule has 118 valence electrons. The van der Waals surface area contributed by atoms with Crippen molar-refractivity contribution in [3.8, 4) is 11.3 Å². The molecule has 1 aliphatic rings. The molecule has 2 atom stereocenters. The van der Waals surface area contributed by atoms with E-state index in [0.29, 0.717) is 16.9 Å². The van der Waals surface area contributed by atoms with E-state index in [-0.39, 0.29) is 24.9 Å². The first-order valence-electron chi connectivity index (χ1n) is 7.58. The van der Waals surface area contributed by atoms with Crippen LogP contribution >= 0.6 is 0 Å². The van der Waals surface area contributed by atoms with Gasteiger partial charge in [-0.15, -0.1) is 0 Å². The molecule has 1 aromatic carbocycles. The van der Waals surface area contributed by atoms with Gasteiger partial charge in [-0.1, -0.05) is 30.3 Å². The summed E-state index contributed by atoms with van der Waals surface area (Å²) in [7, 11) is 0. The molecule has 0 bridgehead atoms. The van der Waals surface area contributed by atoms with Crippen LogP contribution in [0, 0.1) is 0 Å². The third-order valence-electron chi connectivity index (χ3n) is 4.08. The summed E-state index contributed by atoms with van der Waals surface area (Å²) >= 11 is 0. The second-order valence-electron chi connectivity index (χ2n) is 5.59. The van der Waals surface area contributed by atoms with Gasteiger partial charge in [0.15, 0.2) is 5.65 Å². The number of aliphatic hydroxyl groups is 1. The van der Waals surface area contributed by atoms with E-state index in [9.17, 15) is 5.11 Å². The first kappa shape index (κ1) is 14.1. The minimum Gasteiger partial charge on any atom is -0.394 e. The summed E-state index contributed by atoms with van der Waals surface area (Å²) in [5, 5.41) is 9.24. The van der Waals surface area contributed by atoms with Crippen LogP contribution in [0.3, 0.4) is 0 Å². The summed E-state index contributed by atoms with van der Waals surface area (Å²) in [6, 6.07) is 9.78. The van der Waals surface area contributed by atoms with Crippen LogP contribution in [0.15, 0.2) is 36.7 Å². The van der Waals surface area contributed by atoms with Gasteiger partial charge in [0.2, 0.25) is 5.95 Å². The van der Waals surface area contributed by atoms with E-state index in [0.717, 1.165) is 18.4 Å². The summed E-state index contributed by atoms with van der Waals surface area (Å²) in [6.45, 7) is 0.0233. The van der Waals surface area contributed by atoms with Crippen molar-refractivity contribution in [1.82, 2.24) is 19.5 Å². The Bertz CT molecular complexity index is 833. The van der Waals surface area contributed by atoms with E-state index in [4.69, 9.17) is 10.5 Å². The SMILES string of the molecule is Nc1nc(-c2ccccc2)c2ncn(C3CCC(CO)O3)c2n1. The maximum Gasteiger partial charge on any atom is 0.222 e. The third-order valence-corrected chi connectivity index (χ3v) is 4.08. The molecule has 3 N–H and O–H groups in total. The minimum atomic E-state index is -0.185. The minimum absolute atomic E-state index is 0.0233. The fraction of sp³-hybridized carbons (Fsp3) is 0.312.